The molecule has 7 heteroatoms. The predicted octanol–water partition coefficient (Wildman–Crippen LogP) is 2.93. The average Bonchev–Trinajstić information content (AvgIpc) is 2.40. The standard InChI is InChI=1S/C13H8BrFN2O3/c14-8-1-2-10(9(6-8)13(19)20)17-12(18)7-3-4-16-11(15)5-7/h1-6H,(H,17,18)(H,19,20). The topological polar surface area (TPSA) is 79.3 Å². The Bertz CT molecular complexity index is 691. The number of carbonyl (C=O) groups is 2. The Labute approximate surface area is 121 Å². The number of hydrogen-bond acceptors (Lipinski definition) is 3. The van der Waals surface area contributed by atoms with Crippen LogP contribution < -0.4 is 5.32 Å². The maximum atomic E-state index is 12.9. The molecule has 0 saturated carbocycles. The van der Waals surface area contributed by atoms with Gasteiger partial charge in [-0.15, -0.1) is 0 Å². The lowest BCUT2D eigenvalue weighted by atomic mass is 10.1. The quantitative estimate of drug-likeness (QED) is 0.843. The van der Waals surface area contributed by atoms with E-state index in [1.54, 1.807) is 6.07 Å². The number of pyridine rings is 1. The number of rotatable bonds is 3. The number of carboxylic acid groups (broad SMARTS) is 1. The maximum Gasteiger partial charge on any atom is 0.337 e. The lowest BCUT2D eigenvalue weighted by Gasteiger charge is -2.09. The van der Waals surface area contributed by atoms with E-state index in [0.717, 1.165) is 12.3 Å². The zero-order valence-electron chi connectivity index (χ0n) is 9.93. The fourth-order valence-electron chi connectivity index (χ4n) is 1.54. The molecule has 102 valence electrons. The number of benzene rings is 1. The third-order valence-electron chi connectivity index (χ3n) is 2.45. The van der Waals surface area contributed by atoms with Gasteiger partial charge in [-0.2, -0.15) is 4.39 Å². The van der Waals surface area contributed by atoms with Crippen molar-refractivity contribution in [1.82, 2.24) is 4.98 Å². The van der Waals surface area contributed by atoms with Gasteiger partial charge in [0.15, 0.2) is 0 Å². The number of aromatic nitrogens is 1. The summed E-state index contributed by atoms with van der Waals surface area (Å²) >= 11 is 3.15. The summed E-state index contributed by atoms with van der Waals surface area (Å²) in [6.45, 7) is 0. The molecule has 0 atom stereocenters. The largest absolute Gasteiger partial charge is 0.478 e. The molecule has 2 aromatic rings. The first-order valence-corrected chi connectivity index (χ1v) is 6.22. The van der Waals surface area contributed by atoms with E-state index in [4.69, 9.17) is 5.11 Å². The second kappa shape index (κ2) is 5.79. The molecule has 0 saturated heterocycles. The second-order valence-electron chi connectivity index (χ2n) is 3.82. The van der Waals surface area contributed by atoms with E-state index in [0.29, 0.717) is 4.47 Å². The van der Waals surface area contributed by atoms with Crippen LogP contribution >= 0.6 is 15.9 Å². The number of nitrogens with one attached hydrogen (secondary N) is 1. The second-order valence-corrected chi connectivity index (χ2v) is 4.73. The Hall–Kier alpha value is -2.28. The number of carboxylic acids is 1. The Kier molecular flexibility index (Phi) is 4.09. The molecule has 1 amide bonds. The molecule has 2 N–H and O–H groups in total. The molecule has 20 heavy (non-hydrogen) atoms. The van der Waals surface area contributed by atoms with Gasteiger partial charge in [-0.05, 0) is 24.3 Å². The van der Waals surface area contributed by atoms with Crippen molar-refractivity contribution in [3.05, 3.63) is 58.1 Å². The monoisotopic (exact) mass is 338 g/mol. The molecule has 0 aliphatic rings. The van der Waals surface area contributed by atoms with Crippen molar-refractivity contribution in [3.8, 4) is 0 Å². The average molecular weight is 339 g/mol. The summed E-state index contributed by atoms with van der Waals surface area (Å²) in [6.07, 6.45) is 1.16. The molecule has 0 aliphatic heterocycles. The van der Waals surface area contributed by atoms with Crippen molar-refractivity contribution in [2.45, 2.75) is 0 Å². The normalized spacial score (nSPS) is 10.1. The zero-order chi connectivity index (χ0) is 14.7. The molecule has 2 rings (SSSR count). The number of hydrogen-bond donors (Lipinski definition) is 2. The number of aromatic carboxylic acids is 1. The van der Waals surface area contributed by atoms with Gasteiger partial charge in [-0.1, -0.05) is 15.9 Å². The van der Waals surface area contributed by atoms with Gasteiger partial charge in [-0.25, -0.2) is 9.78 Å². The molecular weight excluding hydrogens is 331 g/mol. The van der Waals surface area contributed by atoms with Crippen LogP contribution in [-0.2, 0) is 0 Å². The van der Waals surface area contributed by atoms with Crippen molar-refractivity contribution in [3.63, 3.8) is 0 Å². The molecule has 0 bridgehead atoms. The van der Waals surface area contributed by atoms with Gasteiger partial charge in [0.05, 0.1) is 11.3 Å². The lowest BCUT2D eigenvalue weighted by Crippen LogP contribution is -2.15. The highest BCUT2D eigenvalue weighted by atomic mass is 79.9. The maximum absolute atomic E-state index is 12.9. The zero-order valence-corrected chi connectivity index (χ0v) is 11.5. The molecule has 0 radical (unpaired) electrons. The number of carbonyl (C=O) groups excluding carboxylic acids is 1. The van der Waals surface area contributed by atoms with Crippen LogP contribution in [0.2, 0.25) is 0 Å². The van der Waals surface area contributed by atoms with E-state index < -0.39 is 17.8 Å². The van der Waals surface area contributed by atoms with Gasteiger partial charge < -0.3 is 10.4 Å². The van der Waals surface area contributed by atoms with Crippen LogP contribution in [0.1, 0.15) is 20.7 Å². The van der Waals surface area contributed by atoms with Crippen molar-refractivity contribution < 1.29 is 19.1 Å². The molecule has 5 nitrogen and oxygen atoms in total. The summed E-state index contributed by atoms with van der Waals surface area (Å²) in [5.74, 6) is -2.58. The van der Waals surface area contributed by atoms with Crippen LogP contribution in [0.3, 0.4) is 0 Å². The SMILES string of the molecule is O=C(Nc1ccc(Br)cc1C(=O)O)c1ccnc(F)c1. The molecule has 0 fully saturated rings. The van der Waals surface area contributed by atoms with E-state index in [1.807, 2.05) is 0 Å². The third-order valence-corrected chi connectivity index (χ3v) is 2.94. The van der Waals surface area contributed by atoms with Crippen LogP contribution in [0.5, 0.6) is 0 Å². The van der Waals surface area contributed by atoms with Gasteiger partial charge in [-0.3, -0.25) is 4.79 Å². The molecule has 0 spiro atoms. The minimum absolute atomic E-state index is 0.0526. The fraction of sp³-hybridized carbons (Fsp3) is 0. The molecule has 1 heterocycles. The molecule has 0 aliphatic carbocycles. The van der Waals surface area contributed by atoms with E-state index in [-0.39, 0.29) is 16.8 Å². The van der Waals surface area contributed by atoms with Crippen molar-refractivity contribution in [2.75, 3.05) is 5.32 Å². The fourth-order valence-corrected chi connectivity index (χ4v) is 1.90. The first-order chi connectivity index (χ1) is 9.47. The van der Waals surface area contributed by atoms with Gasteiger partial charge in [0.25, 0.3) is 5.91 Å². The van der Waals surface area contributed by atoms with Crippen LogP contribution in [0, 0.1) is 5.95 Å². The summed E-state index contributed by atoms with van der Waals surface area (Å²) in [7, 11) is 0. The molecule has 0 unspecified atom stereocenters. The van der Waals surface area contributed by atoms with Crippen molar-refractivity contribution in [1.29, 1.82) is 0 Å². The Balaban J connectivity index is 2.30. The Morgan fingerprint density at radius 1 is 1.25 bits per heavy atom. The summed E-state index contributed by atoms with van der Waals surface area (Å²) in [4.78, 5) is 26.4. The summed E-state index contributed by atoms with van der Waals surface area (Å²) in [6, 6.07) is 6.70. The van der Waals surface area contributed by atoms with Gasteiger partial charge in [0, 0.05) is 22.3 Å². The highest BCUT2D eigenvalue weighted by Crippen LogP contribution is 2.21. The van der Waals surface area contributed by atoms with Gasteiger partial charge in [0.1, 0.15) is 0 Å². The van der Waals surface area contributed by atoms with E-state index in [9.17, 15) is 14.0 Å². The van der Waals surface area contributed by atoms with Crippen molar-refractivity contribution >= 4 is 33.5 Å². The highest BCUT2D eigenvalue weighted by molar-refractivity contribution is 9.10. The predicted molar refractivity (Wildman–Crippen MR) is 73.2 cm³/mol. The number of nitrogens with zero attached hydrogens (tertiary/aromatic N) is 1. The molecule has 1 aromatic heterocycles. The highest BCUT2D eigenvalue weighted by Gasteiger charge is 2.14. The summed E-state index contributed by atoms with van der Waals surface area (Å²) < 4.78 is 13.5. The summed E-state index contributed by atoms with van der Waals surface area (Å²) in [5, 5.41) is 11.5. The van der Waals surface area contributed by atoms with Crippen LogP contribution in [0.15, 0.2) is 41.0 Å². The molecule has 1 aromatic carbocycles. The first-order valence-electron chi connectivity index (χ1n) is 5.43. The minimum atomic E-state index is -1.18. The Morgan fingerprint density at radius 2 is 2.00 bits per heavy atom. The van der Waals surface area contributed by atoms with Gasteiger partial charge >= 0.3 is 5.97 Å². The van der Waals surface area contributed by atoms with Crippen LogP contribution in [-0.4, -0.2) is 22.0 Å². The van der Waals surface area contributed by atoms with Gasteiger partial charge in [0.2, 0.25) is 5.95 Å². The minimum Gasteiger partial charge on any atom is -0.478 e. The number of halogens is 2. The number of amides is 1. The Morgan fingerprint density at radius 3 is 2.65 bits per heavy atom. The third kappa shape index (κ3) is 3.18. The first kappa shape index (κ1) is 14.1. The lowest BCUT2D eigenvalue weighted by molar-refractivity contribution is 0.0698. The van der Waals surface area contributed by atoms with E-state index in [2.05, 4.69) is 26.2 Å². The molecular formula is C13H8BrFN2O3. The number of anilines is 1. The van der Waals surface area contributed by atoms with E-state index in [1.165, 1.54) is 18.2 Å². The van der Waals surface area contributed by atoms with Crippen LogP contribution in [0.4, 0.5) is 10.1 Å². The van der Waals surface area contributed by atoms with E-state index >= 15 is 0 Å². The summed E-state index contributed by atoms with van der Waals surface area (Å²) in [5.41, 5.74) is 0.113. The smallest absolute Gasteiger partial charge is 0.337 e. The van der Waals surface area contributed by atoms with Crippen LogP contribution in [0.25, 0.3) is 0 Å². The van der Waals surface area contributed by atoms with Crippen molar-refractivity contribution in [2.24, 2.45) is 0 Å².